The number of aromatic nitrogens is 3. The second kappa shape index (κ2) is 11.3. The van der Waals surface area contributed by atoms with Crippen LogP contribution in [0.1, 0.15) is 54.2 Å². The normalized spacial score (nSPS) is 22.6. The summed E-state index contributed by atoms with van der Waals surface area (Å²) < 4.78 is 109. The molecule has 0 unspecified atom stereocenters. The molecular formula is C25H26F5N5O7S. The standard InChI is InChI=1S/C25H26F5N5O7S/c1-10-16(11-5-6-12(26)17(27)20(11)40-3)21(42-24(10,2)25(28,29)30)23-32-13-9-14(34-19(22(31)37)18(13)35-23)33-15(36)7-8-41-43(4,38)39/h5-6,9-10,16,21H,7-8H2,1-4H3,(H2,31,37)(H,32,35)(H,33,34,36)/t10-,16-,21+,24+/m0/s1. The van der Waals surface area contributed by atoms with Gasteiger partial charge in [-0.15, -0.1) is 0 Å². The smallest absolute Gasteiger partial charge is 0.417 e. The number of nitrogens with one attached hydrogen (secondary N) is 2. The Bertz CT molecular complexity index is 1700. The Morgan fingerprint density at radius 2 is 1.91 bits per heavy atom. The van der Waals surface area contributed by atoms with Crippen LogP contribution in [0.2, 0.25) is 0 Å². The molecular weight excluding hydrogens is 609 g/mol. The van der Waals surface area contributed by atoms with E-state index in [4.69, 9.17) is 15.2 Å². The number of rotatable bonds is 9. The highest BCUT2D eigenvalue weighted by Gasteiger charge is 2.65. The third kappa shape index (κ3) is 6.12. The number of amides is 2. The fourth-order valence-electron chi connectivity index (χ4n) is 4.94. The lowest BCUT2D eigenvalue weighted by Crippen LogP contribution is -2.46. The summed E-state index contributed by atoms with van der Waals surface area (Å²) in [6.45, 7) is 1.57. The average Bonchev–Trinajstić information content (AvgIpc) is 3.43. The number of imidazole rings is 1. The molecule has 0 aliphatic carbocycles. The number of carbonyl (C=O) groups is 2. The fraction of sp³-hybridized carbons (Fsp3) is 0.440. The largest absolute Gasteiger partial charge is 0.493 e. The van der Waals surface area contributed by atoms with Crippen molar-refractivity contribution < 1.29 is 53.6 Å². The van der Waals surface area contributed by atoms with Crippen LogP contribution in [0.25, 0.3) is 11.0 Å². The monoisotopic (exact) mass is 635 g/mol. The van der Waals surface area contributed by atoms with Crippen molar-refractivity contribution in [1.82, 2.24) is 15.0 Å². The summed E-state index contributed by atoms with van der Waals surface area (Å²) >= 11 is 0. The van der Waals surface area contributed by atoms with Gasteiger partial charge in [0.15, 0.2) is 22.9 Å². The van der Waals surface area contributed by atoms with E-state index >= 15 is 0 Å². The number of pyridine rings is 1. The Morgan fingerprint density at radius 1 is 1.23 bits per heavy atom. The molecule has 0 bridgehead atoms. The first-order chi connectivity index (χ1) is 19.9. The molecule has 1 aliphatic heterocycles. The molecule has 2 amide bonds. The number of fused-ring (bicyclic) bond motifs is 1. The van der Waals surface area contributed by atoms with Crippen LogP contribution in [-0.2, 0) is 23.8 Å². The molecule has 3 heterocycles. The molecule has 1 aromatic carbocycles. The number of aromatic amines is 1. The first-order valence-electron chi connectivity index (χ1n) is 12.5. The molecule has 4 rings (SSSR count). The van der Waals surface area contributed by atoms with Crippen LogP contribution >= 0.6 is 0 Å². The molecule has 1 saturated heterocycles. The van der Waals surface area contributed by atoms with Crippen molar-refractivity contribution in [2.24, 2.45) is 11.7 Å². The minimum Gasteiger partial charge on any atom is -0.493 e. The van der Waals surface area contributed by atoms with Crippen molar-refractivity contribution in [3.05, 3.63) is 46.9 Å². The van der Waals surface area contributed by atoms with Crippen molar-refractivity contribution in [1.29, 1.82) is 0 Å². The predicted octanol–water partition coefficient (Wildman–Crippen LogP) is 3.46. The van der Waals surface area contributed by atoms with Gasteiger partial charge in [-0.2, -0.15) is 26.0 Å². The Kier molecular flexibility index (Phi) is 8.42. The van der Waals surface area contributed by atoms with E-state index < -0.39 is 87.8 Å². The molecule has 0 spiro atoms. The summed E-state index contributed by atoms with van der Waals surface area (Å²) in [6.07, 6.45) is -6.07. The predicted molar refractivity (Wildman–Crippen MR) is 140 cm³/mol. The summed E-state index contributed by atoms with van der Waals surface area (Å²) in [5.41, 5.74) is 1.92. The zero-order valence-corrected chi connectivity index (χ0v) is 23.8. The minimum atomic E-state index is -4.91. The maximum atomic E-state index is 14.7. The molecule has 1 fully saturated rings. The van der Waals surface area contributed by atoms with Crippen LogP contribution < -0.4 is 15.8 Å². The van der Waals surface area contributed by atoms with E-state index in [2.05, 4.69) is 24.5 Å². The number of nitrogens with zero attached hydrogens (tertiary/aromatic N) is 2. The SMILES string of the molecule is COc1c([C@H]2[C@H](c3nc4c(C(N)=O)nc(NC(=O)CCOS(C)(=O)=O)cc4[nH]3)O[C@@](C)(C(F)(F)F)[C@H]2C)ccc(F)c1F. The number of methoxy groups -OCH3 is 1. The van der Waals surface area contributed by atoms with E-state index in [0.717, 1.165) is 32.4 Å². The summed E-state index contributed by atoms with van der Waals surface area (Å²) in [4.78, 5) is 35.5. The first-order valence-corrected chi connectivity index (χ1v) is 14.3. The number of benzene rings is 1. The van der Waals surface area contributed by atoms with E-state index in [0.29, 0.717) is 0 Å². The highest BCUT2D eigenvalue weighted by molar-refractivity contribution is 7.85. The molecule has 2 aromatic heterocycles. The van der Waals surface area contributed by atoms with Crippen LogP contribution in [-0.4, -0.2) is 66.9 Å². The number of primary amides is 1. The van der Waals surface area contributed by atoms with E-state index in [1.165, 1.54) is 13.0 Å². The van der Waals surface area contributed by atoms with Crippen LogP contribution in [0.15, 0.2) is 18.2 Å². The Labute approximate surface area is 241 Å². The maximum absolute atomic E-state index is 14.7. The number of hydrogen-bond acceptors (Lipinski definition) is 9. The molecule has 1 aliphatic rings. The Morgan fingerprint density at radius 3 is 2.49 bits per heavy atom. The average molecular weight is 636 g/mol. The number of H-pyrrole nitrogens is 1. The van der Waals surface area contributed by atoms with Crippen LogP contribution in [0.4, 0.5) is 27.8 Å². The lowest BCUT2D eigenvalue weighted by molar-refractivity contribution is -0.275. The molecule has 0 saturated carbocycles. The number of carbonyl (C=O) groups excluding carboxylic acids is 2. The molecule has 4 atom stereocenters. The number of anilines is 1. The van der Waals surface area contributed by atoms with E-state index in [1.807, 2.05) is 0 Å². The topological polar surface area (TPSA) is 176 Å². The molecule has 3 aromatic rings. The van der Waals surface area contributed by atoms with Crippen LogP contribution in [0.5, 0.6) is 5.75 Å². The lowest BCUT2D eigenvalue weighted by Gasteiger charge is -2.32. The van der Waals surface area contributed by atoms with Gasteiger partial charge < -0.3 is 25.5 Å². The Balaban J connectivity index is 1.80. The van der Waals surface area contributed by atoms with Crippen LogP contribution in [0.3, 0.4) is 0 Å². The molecule has 234 valence electrons. The van der Waals surface area contributed by atoms with E-state index in [9.17, 15) is 40.0 Å². The number of hydrogen-bond donors (Lipinski definition) is 3. The highest BCUT2D eigenvalue weighted by Crippen LogP contribution is 2.59. The zero-order chi connectivity index (χ0) is 32.1. The lowest BCUT2D eigenvalue weighted by atomic mass is 9.77. The zero-order valence-electron chi connectivity index (χ0n) is 23.0. The Hall–Kier alpha value is -3.90. The summed E-state index contributed by atoms with van der Waals surface area (Å²) in [5, 5.41) is 2.34. The summed E-state index contributed by atoms with van der Waals surface area (Å²) in [5.74, 6) is -8.28. The number of alkyl halides is 3. The van der Waals surface area contributed by atoms with E-state index in [1.54, 1.807) is 0 Å². The number of halogens is 5. The van der Waals surface area contributed by atoms with Crippen molar-refractivity contribution >= 4 is 38.8 Å². The third-order valence-electron chi connectivity index (χ3n) is 7.20. The third-order valence-corrected chi connectivity index (χ3v) is 7.79. The van der Waals surface area contributed by atoms with Crippen molar-refractivity contribution in [2.75, 3.05) is 25.3 Å². The number of nitrogens with two attached hydrogens (primary N) is 1. The van der Waals surface area contributed by atoms with Gasteiger partial charge in [-0.3, -0.25) is 13.8 Å². The maximum Gasteiger partial charge on any atom is 0.417 e. The highest BCUT2D eigenvalue weighted by atomic mass is 32.2. The summed E-state index contributed by atoms with van der Waals surface area (Å²) in [6, 6.07) is 3.06. The summed E-state index contributed by atoms with van der Waals surface area (Å²) in [7, 11) is -2.76. The van der Waals surface area contributed by atoms with Gasteiger partial charge in [-0.05, 0) is 13.0 Å². The molecule has 0 radical (unpaired) electrons. The molecule has 12 nitrogen and oxygen atoms in total. The van der Waals surface area contributed by atoms with Gasteiger partial charge in [0, 0.05) is 23.5 Å². The van der Waals surface area contributed by atoms with Crippen molar-refractivity contribution in [3.63, 3.8) is 0 Å². The van der Waals surface area contributed by atoms with Crippen molar-refractivity contribution in [2.45, 2.75) is 44.1 Å². The van der Waals surface area contributed by atoms with E-state index in [-0.39, 0.29) is 28.2 Å². The second-order valence-corrected chi connectivity index (χ2v) is 11.6. The van der Waals surface area contributed by atoms with Gasteiger partial charge in [0.25, 0.3) is 16.0 Å². The molecule has 4 N–H and O–H groups in total. The first kappa shape index (κ1) is 32.0. The molecule has 18 heteroatoms. The van der Waals surface area contributed by atoms with Crippen LogP contribution in [0, 0.1) is 17.6 Å². The van der Waals surface area contributed by atoms with Gasteiger partial charge in [0.05, 0.1) is 31.9 Å². The van der Waals surface area contributed by atoms with Gasteiger partial charge >= 0.3 is 6.18 Å². The quantitative estimate of drug-likeness (QED) is 0.235. The fourth-order valence-corrected chi connectivity index (χ4v) is 5.33. The van der Waals surface area contributed by atoms with Gasteiger partial charge in [0.1, 0.15) is 23.3 Å². The second-order valence-electron chi connectivity index (χ2n) is 10.0. The van der Waals surface area contributed by atoms with Gasteiger partial charge in [-0.1, -0.05) is 13.0 Å². The number of ether oxygens (including phenoxy) is 2. The molecule has 43 heavy (non-hydrogen) atoms. The van der Waals surface area contributed by atoms with Gasteiger partial charge in [-0.25, -0.2) is 14.4 Å². The van der Waals surface area contributed by atoms with Gasteiger partial charge in [0.2, 0.25) is 11.7 Å². The minimum absolute atomic E-state index is 0.00866. The van der Waals surface area contributed by atoms with Crippen molar-refractivity contribution in [3.8, 4) is 5.75 Å².